The Labute approximate surface area is 113 Å². The summed E-state index contributed by atoms with van der Waals surface area (Å²) in [7, 11) is 0. The molecule has 3 rings (SSSR count). The zero-order chi connectivity index (χ0) is 14.4. The summed E-state index contributed by atoms with van der Waals surface area (Å²) in [5, 5.41) is 28.9. The highest BCUT2D eigenvalue weighted by atomic mass is 16.6. The second-order valence-electron chi connectivity index (χ2n) is 4.71. The van der Waals surface area contributed by atoms with Crippen molar-refractivity contribution in [1.82, 2.24) is 19.5 Å². The molecule has 0 aliphatic carbocycles. The quantitative estimate of drug-likeness (QED) is 0.512. The highest BCUT2D eigenvalue weighted by Crippen LogP contribution is 2.31. The van der Waals surface area contributed by atoms with E-state index in [2.05, 4.69) is 15.0 Å². The van der Waals surface area contributed by atoms with Gasteiger partial charge >= 0.3 is 0 Å². The number of imidazole rings is 1. The first-order valence-corrected chi connectivity index (χ1v) is 6.12. The monoisotopic (exact) mass is 281 g/mol. The van der Waals surface area contributed by atoms with Gasteiger partial charge in [0, 0.05) is 0 Å². The largest absolute Gasteiger partial charge is 0.394 e. The van der Waals surface area contributed by atoms with Crippen molar-refractivity contribution in [2.45, 2.75) is 31.5 Å². The van der Waals surface area contributed by atoms with Crippen LogP contribution in [0, 0.1) is 6.92 Å². The van der Waals surface area contributed by atoms with Crippen LogP contribution in [0.3, 0.4) is 0 Å². The molecule has 5 N–H and O–H groups in total. The van der Waals surface area contributed by atoms with E-state index in [0.717, 1.165) is 0 Å². The molecule has 20 heavy (non-hydrogen) atoms. The molecule has 1 saturated heterocycles. The zero-order valence-electron chi connectivity index (χ0n) is 10.7. The molecule has 108 valence electrons. The number of nitrogens with zero attached hydrogens (tertiary/aromatic N) is 4. The van der Waals surface area contributed by atoms with Gasteiger partial charge < -0.3 is 25.8 Å². The Morgan fingerprint density at radius 2 is 2.10 bits per heavy atom. The van der Waals surface area contributed by atoms with Gasteiger partial charge in [-0.25, -0.2) is 15.0 Å². The third-order valence-electron chi connectivity index (χ3n) is 3.35. The molecule has 0 bridgehead atoms. The maximum Gasteiger partial charge on any atom is 0.167 e. The average molecular weight is 281 g/mol. The number of ether oxygens (including phenoxy) is 1. The van der Waals surface area contributed by atoms with E-state index in [1.165, 1.54) is 10.9 Å². The number of hydrogen-bond acceptors (Lipinski definition) is 8. The first-order chi connectivity index (χ1) is 9.52. The Morgan fingerprint density at radius 3 is 2.75 bits per heavy atom. The van der Waals surface area contributed by atoms with E-state index >= 15 is 0 Å². The predicted octanol–water partition coefficient (Wildman–Crippen LogP) is -1.67. The van der Waals surface area contributed by atoms with E-state index in [1.54, 1.807) is 6.92 Å². The van der Waals surface area contributed by atoms with Crippen LogP contribution in [0.5, 0.6) is 0 Å². The molecule has 2 aromatic rings. The lowest BCUT2D eigenvalue weighted by atomic mass is 10.1. The van der Waals surface area contributed by atoms with E-state index in [-0.39, 0.29) is 5.82 Å². The summed E-state index contributed by atoms with van der Waals surface area (Å²) < 4.78 is 6.92. The third-order valence-corrected chi connectivity index (χ3v) is 3.35. The molecule has 0 unspecified atom stereocenters. The van der Waals surface area contributed by atoms with Crippen molar-refractivity contribution in [3.8, 4) is 0 Å². The van der Waals surface area contributed by atoms with E-state index in [9.17, 15) is 10.2 Å². The zero-order valence-corrected chi connectivity index (χ0v) is 10.7. The van der Waals surface area contributed by atoms with Crippen LogP contribution in [0.25, 0.3) is 11.2 Å². The van der Waals surface area contributed by atoms with Crippen LogP contribution < -0.4 is 5.73 Å². The Kier molecular flexibility index (Phi) is 3.05. The molecule has 1 fully saturated rings. The first kappa shape index (κ1) is 13.2. The molecular formula is C11H15N5O4. The van der Waals surface area contributed by atoms with Crippen LogP contribution in [0.2, 0.25) is 0 Å². The van der Waals surface area contributed by atoms with Crippen molar-refractivity contribution in [3.63, 3.8) is 0 Å². The minimum absolute atomic E-state index is 0.234. The number of aryl methyl sites for hydroxylation is 1. The fourth-order valence-corrected chi connectivity index (χ4v) is 2.35. The number of hydrogen-bond donors (Lipinski definition) is 4. The van der Waals surface area contributed by atoms with Crippen molar-refractivity contribution in [2.75, 3.05) is 12.3 Å². The minimum Gasteiger partial charge on any atom is -0.394 e. The smallest absolute Gasteiger partial charge is 0.167 e. The lowest BCUT2D eigenvalue weighted by Crippen LogP contribution is -2.33. The number of anilines is 1. The SMILES string of the molecule is Cc1nc(N)c2ncn([C@H]3O[C@@H](CO)[C@H](O)[C@@H]3O)c2n1. The van der Waals surface area contributed by atoms with Gasteiger partial charge in [0.2, 0.25) is 0 Å². The van der Waals surface area contributed by atoms with Gasteiger partial charge in [-0.15, -0.1) is 0 Å². The Morgan fingerprint density at radius 1 is 1.35 bits per heavy atom. The van der Waals surface area contributed by atoms with Gasteiger partial charge in [-0.05, 0) is 6.92 Å². The molecule has 0 saturated carbocycles. The number of aliphatic hydroxyl groups excluding tert-OH is 3. The third kappa shape index (κ3) is 1.83. The van der Waals surface area contributed by atoms with Crippen LogP contribution in [0.1, 0.15) is 12.1 Å². The fourth-order valence-electron chi connectivity index (χ4n) is 2.35. The summed E-state index contributed by atoms with van der Waals surface area (Å²) in [6.07, 6.45) is -2.70. The first-order valence-electron chi connectivity index (χ1n) is 6.12. The van der Waals surface area contributed by atoms with Gasteiger partial charge in [-0.3, -0.25) is 4.57 Å². The van der Waals surface area contributed by atoms with Crippen molar-refractivity contribution in [2.24, 2.45) is 0 Å². The highest BCUT2D eigenvalue weighted by molar-refractivity contribution is 5.81. The van der Waals surface area contributed by atoms with Crippen molar-refractivity contribution in [1.29, 1.82) is 0 Å². The molecule has 2 aromatic heterocycles. The predicted molar refractivity (Wildman–Crippen MR) is 67.5 cm³/mol. The fraction of sp³-hybridized carbons (Fsp3) is 0.545. The normalized spacial score (nSPS) is 30.2. The van der Waals surface area contributed by atoms with Gasteiger partial charge in [0.05, 0.1) is 12.9 Å². The van der Waals surface area contributed by atoms with Crippen molar-refractivity contribution >= 4 is 17.0 Å². The molecule has 4 atom stereocenters. The Bertz CT molecular complexity index is 645. The molecule has 1 aliphatic heterocycles. The van der Waals surface area contributed by atoms with Gasteiger partial charge in [0.1, 0.15) is 29.7 Å². The lowest BCUT2D eigenvalue weighted by Gasteiger charge is -2.16. The molecule has 0 radical (unpaired) electrons. The minimum atomic E-state index is -1.19. The van der Waals surface area contributed by atoms with Crippen LogP contribution in [-0.4, -0.2) is 59.8 Å². The molecule has 0 amide bonds. The topological polar surface area (TPSA) is 140 Å². The summed E-state index contributed by atoms with van der Waals surface area (Å²) in [6, 6.07) is 0. The van der Waals surface area contributed by atoms with Gasteiger partial charge in [0.25, 0.3) is 0 Å². The van der Waals surface area contributed by atoms with Crippen molar-refractivity contribution in [3.05, 3.63) is 12.2 Å². The van der Waals surface area contributed by atoms with Crippen LogP contribution >= 0.6 is 0 Å². The summed E-state index contributed by atoms with van der Waals surface area (Å²) >= 11 is 0. The summed E-state index contributed by atoms with van der Waals surface area (Å²) in [4.78, 5) is 12.3. The highest BCUT2D eigenvalue weighted by Gasteiger charge is 2.44. The molecule has 0 aromatic carbocycles. The van der Waals surface area contributed by atoms with Crippen LogP contribution in [0.15, 0.2) is 6.33 Å². The molecular weight excluding hydrogens is 266 g/mol. The van der Waals surface area contributed by atoms with E-state index in [0.29, 0.717) is 17.0 Å². The molecule has 9 nitrogen and oxygen atoms in total. The number of fused-ring (bicyclic) bond motifs is 1. The summed E-state index contributed by atoms with van der Waals surface area (Å²) in [6.45, 7) is 1.29. The van der Waals surface area contributed by atoms with Crippen LogP contribution in [0.4, 0.5) is 5.82 Å². The average Bonchev–Trinajstić information content (AvgIpc) is 2.93. The van der Waals surface area contributed by atoms with E-state index in [4.69, 9.17) is 15.6 Å². The van der Waals surface area contributed by atoms with Gasteiger partial charge in [0.15, 0.2) is 17.7 Å². The molecule has 0 spiro atoms. The standard InChI is InChI=1S/C11H15N5O4/c1-4-14-9(12)6-10(15-4)16(3-13-6)11-8(19)7(18)5(2-17)20-11/h3,5,7-8,11,17-19H,2H2,1H3,(H2,12,14,15)/t5-,7-,8-,11-/m0/s1. The summed E-state index contributed by atoms with van der Waals surface area (Å²) in [5.74, 6) is 0.696. The maximum atomic E-state index is 10.0. The number of rotatable bonds is 2. The second-order valence-corrected chi connectivity index (χ2v) is 4.71. The molecule has 1 aliphatic rings. The Hall–Kier alpha value is -1.81. The number of aliphatic hydroxyl groups is 3. The van der Waals surface area contributed by atoms with E-state index in [1.807, 2.05) is 0 Å². The van der Waals surface area contributed by atoms with Crippen molar-refractivity contribution < 1.29 is 20.1 Å². The van der Waals surface area contributed by atoms with Gasteiger partial charge in [-0.2, -0.15) is 0 Å². The summed E-state index contributed by atoms with van der Waals surface area (Å²) in [5.41, 5.74) is 6.57. The number of aromatic nitrogens is 4. The Balaban J connectivity index is 2.07. The van der Waals surface area contributed by atoms with E-state index < -0.39 is 31.1 Å². The number of nitrogens with two attached hydrogens (primary N) is 1. The van der Waals surface area contributed by atoms with Crippen LogP contribution in [-0.2, 0) is 4.74 Å². The lowest BCUT2D eigenvalue weighted by molar-refractivity contribution is -0.0511. The number of nitrogen functional groups attached to an aromatic ring is 1. The maximum absolute atomic E-state index is 10.0. The van der Waals surface area contributed by atoms with Gasteiger partial charge in [-0.1, -0.05) is 0 Å². The second kappa shape index (κ2) is 4.63. The molecule has 9 heteroatoms. The molecule has 3 heterocycles.